The Bertz CT molecular complexity index is 1030. The van der Waals surface area contributed by atoms with E-state index in [1.807, 2.05) is 66.7 Å². The number of carbonyl (C=O) groups is 2. The second kappa shape index (κ2) is 11.7. The predicted molar refractivity (Wildman–Crippen MR) is 123 cm³/mol. The first-order valence-electron chi connectivity index (χ1n) is 10.6. The van der Waals surface area contributed by atoms with E-state index in [9.17, 15) is 9.59 Å². The number of nitrogens with one attached hydrogen (secondary N) is 1. The molecule has 0 bridgehead atoms. The number of hydrogen-bond donors (Lipinski definition) is 3. The third-order valence-corrected chi connectivity index (χ3v) is 5.16. The summed E-state index contributed by atoms with van der Waals surface area (Å²) in [6.45, 7) is 0.468. The minimum atomic E-state index is -0.797. The molecule has 6 heteroatoms. The van der Waals surface area contributed by atoms with E-state index >= 15 is 0 Å². The number of amides is 1. The van der Waals surface area contributed by atoms with Crippen LogP contribution in [0.5, 0.6) is 5.75 Å². The summed E-state index contributed by atoms with van der Waals surface area (Å²) in [5.74, 6) is -0.424. The van der Waals surface area contributed by atoms with Crippen LogP contribution in [-0.2, 0) is 16.0 Å². The smallest absolute Gasteiger partial charge is 0.303 e. The van der Waals surface area contributed by atoms with Crippen LogP contribution in [0.1, 0.15) is 31.2 Å². The minimum Gasteiger partial charge on any atom is -0.493 e. The van der Waals surface area contributed by atoms with Gasteiger partial charge in [0.05, 0.1) is 6.61 Å². The van der Waals surface area contributed by atoms with Crippen molar-refractivity contribution in [1.29, 1.82) is 0 Å². The molecule has 0 aromatic heterocycles. The molecule has 3 aromatic rings. The maximum atomic E-state index is 11.1. The number of aliphatic carboxylic acids is 1. The zero-order valence-electron chi connectivity index (χ0n) is 17.8. The Balaban J connectivity index is 1.76. The van der Waals surface area contributed by atoms with Gasteiger partial charge in [-0.15, -0.1) is 0 Å². The Hall–Kier alpha value is -3.64. The van der Waals surface area contributed by atoms with Crippen molar-refractivity contribution in [3.05, 3.63) is 78.4 Å². The normalized spacial score (nSPS) is 10.5. The summed E-state index contributed by atoms with van der Waals surface area (Å²) in [5.41, 5.74) is 6.74. The van der Waals surface area contributed by atoms with Crippen molar-refractivity contribution in [3.8, 4) is 28.0 Å². The van der Waals surface area contributed by atoms with Crippen LogP contribution >= 0.6 is 0 Å². The summed E-state index contributed by atoms with van der Waals surface area (Å²) in [6.07, 6.45) is 2.21. The minimum absolute atomic E-state index is 0.119. The Morgan fingerprint density at radius 3 is 2.22 bits per heavy atom. The Labute approximate surface area is 187 Å². The van der Waals surface area contributed by atoms with Crippen molar-refractivity contribution in [2.24, 2.45) is 0 Å². The van der Waals surface area contributed by atoms with Crippen molar-refractivity contribution in [2.45, 2.75) is 32.1 Å². The quantitative estimate of drug-likeness (QED) is 0.222. The third-order valence-electron chi connectivity index (χ3n) is 5.16. The van der Waals surface area contributed by atoms with E-state index in [1.54, 1.807) is 5.48 Å². The average Bonchev–Trinajstić information content (AvgIpc) is 2.83. The van der Waals surface area contributed by atoms with Gasteiger partial charge >= 0.3 is 5.97 Å². The summed E-state index contributed by atoms with van der Waals surface area (Å²) in [7, 11) is 0. The van der Waals surface area contributed by atoms with Crippen LogP contribution < -0.4 is 10.2 Å². The number of ether oxygens (including phenoxy) is 1. The number of benzene rings is 3. The molecule has 0 unspecified atom stereocenters. The molecular formula is C26H27NO5. The van der Waals surface area contributed by atoms with Crippen molar-refractivity contribution in [1.82, 2.24) is 5.48 Å². The third kappa shape index (κ3) is 6.68. The van der Waals surface area contributed by atoms with Crippen molar-refractivity contribution in [2.75, 3.05) is 6.61 Å². The van der Waals surface area contributed by atoms with Crippen molar-refractivity contribution >= 4 is 11.9 Å². The van der Waals surface area contributed by atoms with Gasteiger partial charge in [0.2, 0.25) is 5.91 Å². The Morgan fingerprint density at radius 1 is 0.812 bits per heavy atom. The Kier molecular flexibility index (Phi) is 8.40. The molecule has 1 amide bonds. The number of carboxylic acids is 1. The lowest BCUT2D eigenvalue weighted by molar-refractivity contribution is -0.137. The second-order valence-electron chi connectivity index (χ2n) is 7.51. The van der Waals surface area contributed by atoms with Gasteiger partial charge < -0.3 is 9.84 Å². The largest absolute Gasteiger partial charge is 0.493 e. The van der Waals surface area contributed by atoms with Crippen LogP contribution in [-0.4, -0.2) is 28.8 Å². The van der Waals surface area contributed by atoms with Crippen LogP contribution in [0.2, 0.25) is 0 Å². The maximum Gasteiger partial charge on any atom is 0.303 e. The lowest BCUT2D eigenvalue weighted by Crippen LogP contribution is -2.18. The first kappa shape index (κ1) is 23.0. The predicted octanol–water partition coefficient (Wildman–Crippen LogP) is 5.09. The molecule has 6 nitrogen and oxygen atoms in total. The molecule has 0 atom stereocenters. The molecule has 32 heavy (non-hydrogen) atoms. The number of aryl methyl sites for hydroxylation is 1. The fourth-order valence-electron chi connectivity index (χ4n) is 3.42. The number of hydrogen-bond acceptors (Lipinski definition) is 4. The van der Waals surface area contributed by atoms with Gasteiger partial charge in [0, 0.05) is 18.4 Å². The lowest BCUT2D eigenvalue weighted by Gasteiger charge is -2.14. The molecule has 0 heterocycles. The first-order valence-corrected chi connectivity index (χ1v) is 10.6. The molecule has 0 aliphatic heterocycles. The summed E-state index contributed by atoms with van der Waals surface area (Å²) in [6, 6.07) is 24.0. The topological polar surface area (TPSA) is 95.9 Å². The summed E-state index contributed by atoms with van der Waals surface area (Å²) in [4.78, 5) is 21.9. The second-order valence-corrected chi connectivity index (χ2v) is 7.51. The van der Waals surface area contributed by atoms with E-state index in [4.69, 9.17) is 15.1 Å². The molecule has 0 aliphatic carbocycles. The molecule has 3 N–H and O–H groups in total. The standard InChI is InChI=1S/C26H27NO5/c28-25(27-31)8-4-5-17-32-24-15-14-22(18-23(24)21-6-2-1-3-7-21)20-12-9-19(10-13-20)11-16-26(29)30/h1-3,6-7,9-10,12-15,18,31H,4-5,8,11,16-17H2,(H,27,28)(H,29,30). The van der Waals surface area contributed by atoms with Gasteiger partial charge in [-0.1, -0.05) is 60.7 Å². The van der Waals surface area contributed by atoms with E-state index in [0.717, 1.165) is 33.6 Å². The zero-order valence-corrected chi connectivity index (χ0v) is 17.8. The van der Waals surface area contributed by atoms with E-state index < -0.39 is 11.9 Å². The number of carboxylic acid groups (broad SMARTS) is 1. The van der Waals surface area contributed by atoms with Gasteiger partial charge in [-0.3, -0.25) is 14.8 Å². The monoisotopic (exact) mass is 433 g/mol. The number of rotatable bonds is 11. The number of carbonyl (C=O) groups excluding carboxylic acids is 1. The highest BCUT2D eigenvalue weighted by molar-refractivity contribution is 5.78. The molecule has 0 saturated heterocycles. The SMILES string of the molecule is O=C(O)CCc1ccc(-c2ccc(OCCCCC(=O)NO)c(-c3ccccc3)c2)cc1. The maximum absolute atomic E-state index is 11.1. The van der Waals surface area contributed by atoms with E-state index in [1.165, 1.54) is 0 Å². The van der Waals surface area contributed by atoms with Gasteiger partial charge in [-0.2, -0.15) is 0 Å². The number of unbranched alkanes of at least 4 members (excludes halogenated alkanes) is 1. The van der Waals surface area contributed by atoms with Gasteiger partial charge in [0.25, 0.3) is 0 Å². The van der Waals surface area contributed by atoms with Crippen LogP contribution in [0.3, 0.4) is 0 Å². The summed E-state index contributed by atoms with van der Waals surface area (Å²) in [5, 5.41) is 17.4. The number of hydroxylamine groups is 1. The van der Waals surface area contributed by atoms with Crippen molar-refractivity contribution in [3.63, 3.8) is 0 Å². The zero-order chi connectivity index (χ0) is 22.8. The molecule has 0 spiro atoms. The molecule has 0 saturated carbocycles. The molecule has 0 fully saturated rings. The van der Waals surface area contributed by atoms with Gasteiger partial charge in [0.1, 0.15) is 5.75 Å². The van der Waals surface area contributed by atoms with Crippen LogP contribution in [0.4, 0.5) is 0 Å². The van der Waals surface area contributed by atoms with Gasteiger partial charge in [0.15, 0.2) is 0 Å². The van der Waals surface area contributed by atoms with E-state index in [-0.39, 0.29) is 12.8 Å². The Morgan fingerprint density at radius 2 is 1.53 bits per heavy atom. The highest BCUT2D eigenvalue weighted by Gasteiger charge is 2.10. The van der Waals surface area contributed by atoms with Crippen LogP contribution in [0, 0.1) is 0 Å². The fourth-order valence-corrected chi connectivity index (χ4v) is 3.42. The van der Waals surface area contributed by atoms with E-state index in [0.29, 0.717) is 25.9 Å². The van der Waals surface area contributed by atoms with Crippen molar-refractivity contribution < 1.29 is 24.6 Å². The van der Waals surface area contributed by atoms with Crippen LogP contribution in [0.25, 0.3) is 22.3 Å². The highest BCUT2D eigenvalue weighted by atomic mass is 16.5. The molecule has 3 rings (SSSR count). The average molecular weight is 434 g/mol. The summed E-state index contributed by atoms with van der Waals surface area (Å²) >= 11 is 0. The summed E-state index contributed by atoms with van der Waals surface area (Å²) < 4.78 is 6.02. The first-order chi connectivity index (χ1) is 15.6. The molecule has 3 aromatic carbocycles. The van der Waals surface area contributed by atoms with Gasteiger partial charge in [-0.05, 0) is 53.6 Å². The molecule has 0 aliphatic rings. The molecule has 0 radical (unpaired) electrons. The van der Waals surface area contributed by atoms with E-state index in [2.05, 4.69) is 6.07 Å². The van der Waals surface area contributed by atoms with Crippen LogP contribution in [0.15, 0.2) is 72.8 Å². The fraction of sp³-hybridized carbons (Fsp3) is 0.231. The lowest BCUT2D eigenvalue weighted by atomic mass is 9.97. The highest BCUT2D eigenvalue weighted by Crippen LogP contribution is 2.34. The molecule has 166 valence electrons. The van der Waals surface area contributed by atoms with Gasteiger partial charge in [-0.25, -0.2) is 5.48 Å². The molecular weight excluding hydrogens is 406 g/mol.